The number of aromatic nitrogens is 3. The second kappa shape index (κ2) is 12.6. The number of nitrogens with one attached hydrogen (secondary N) is 2. The Bertz CT molecular complexity index is 1660. The normalized spacial score (nSPS) is 10.8. The number of ether oxygens (including phenoxy) is 1. The van der Waals surface area contributed by atoms with Gasteiger partial charge in [0, 0.05) is 30.0 Å². The fourth-order valence-corrected chi connectivity index (χ4v) is 4.70. The fourth-order valence-electron chi connectivity index (χ4n) is 4.50. The maximum Gasteiger partial charge on any atom is 0.257 e. The van der Waals surface area contributed by atoms with Gasteiger partial charge in [-0.15, -0.1) is 10.2 Å². The van der Waals surface area contributed by atoms with Crippen molar-refractivity contribution in [2.75, 3.05) is 23.3 Å². The third-order valence-electron chi connectivity index (χ3n) is 6.76. The molecule has 0 aliphatic heterocycles. The van der Waals surface area contributed by atoms with E-state index in [1.54, 1.807) is 23.0 Å². The minimum Gasteiger partial charge on any atom is -0.489 e. The number of carbonyl (C=O) groups is 1. The van der Waals surface area contributed by atoms with Gasteiger partial charge >= 0.3 is 0 Å². The molecule has 4 aromatic carbocycles. The van der Waals surface area contributed by atoms with Crippen LogP contribution >= 0.6 is 12.2 Å². The van der Waals surface area contributed by atoms with Crippen LogP contribution in [0.25, 0.3) is 16.7 Å². The van der Waals surface area contributed by atoms with E-state index in [0.29, 0.717) is 23.4 Å². The lowest BCUT2D eigenvalue weighted by atomic mass is 10.2. The van der Waals surface area contributed by atoms with Gasteiger partial charge in [0.25, 0.3) is 5.91 Å². The summed E-state index contributed by atoms with van der Waals surface area (Å²) in [5.74, 6) is 0.276. The second-order valence-corrected chi connectivity index (χ2v) is 9.95. The van der Waals surface area contributed by atoms with Crippen LogP contribution in [0, 0.1) is 6.92 Å². The van der Waals surface area contributed by atoms with Crippen LogP contribution in [0.3, 0.4) is 0 Å². The van der Waals surface area contributed by atoms with Gasteiger partial charge in [0.1, 0.15) is 23.4 Å². The van der Waals surface area contributed by atoms with Gasteiger partial charge < -0.3 is 15.0 Å². The molecule has 1 heterocycles. The zero-order valence-electron chi connectivity index (χ0n) is 23.3. The van der Waals surface area contributed by atoms with Crippen LogP contribution in [0.15, 0.2) is 91.0 Å². The Morgan fingerprint density at radius 1 is 0.902 bits per heavy atom. The van der Waals surface area contributed by atoms with Gasteiger partial charge in [0.05, 0.1) is 5.69 Å². The van der Waals surface area contributed by atoms with Crippen LogP contribution in [0.1, 0.15) is 35.3 Å². The van der Waals surface area contributed by atoms with Crippen LogP contribution < -0.4 is 20.3 Å². The van der Waals surface area contributed by atoms with E-state index in [4.69, 9.17) is 17.0 Å². The Morgan fingerprint density at radius 2 is 1.61 bits per heavy atom. The molecule has 0 saturated carbocycles. The van der Waals surface area contributed by atoms with Crippen molar-refractivity contribution in [3.8, 4) is 11.4 Å². The van der Waals surface area contributed by atoms with E-state index in [9.17, 15) is 4.79 Å². The summed E-state index contributed by atoms with van der Waals surface area (Å²) in [5.41, 5.74) is 6.68. The molecule has 208 valence electrons. The molecule has 9 heteroatoms. The van der Waals surface area contributed by atoms with E-state index >= 15 is 0 Å². The molecule has 41 heavy (non-hydrogen) atoms. The average Bonchev–Trinajstić information content (AvgIpc) is 3.40. The van der Waals surface area contributed by atoms with Crippen molar-refractivity contribution in [1.82, 2.24) is 20.3 Å². The molecule has 0 aliphatic carbocycles. The molecular formula is C32H32N6O2S. The second-order valence-electron chi connectivity index (χ2n) is 9.54. The minimum atomic E-state index is -0.328. The molecule has 0 bridgehead atoms. The first-order chi connectivity index (χ1) is 19.9. The van der Waals surface area contributed by atoms with Gasteiger partial charge in [-0.25, -0.2) is 0 Å². The number of anilines is 2. The topological polar surface area (TPSA) is 84.3 Å². The van der Waals surface area contributed by atoms with Crippen LogP contribution in [0.5, 0.6) is 5.75 Å². The highest BCUT2D eigenvalue weighted by Gasteiger charge is 2.13. The molecule has 5 aromatic rings. The van der Waals surface area contributed by atoms with E-state index in [-0.39, 0.29) is 11.0 Å². The highest BCUT2D eigenvalue weighted by Crippen LogP contribution is 2.23. The number of amides is 1. The lowest BCUT2D eigenvalue weighted by molar-refractivity contribution is 0.0977. The Morgan fingerprint density at radius 3 is 2.32 bits per heavy atom. The van der Waals surface area contributed by atoms with Crippen molar-refractivity contribution in [2.24, 2.45) is 0 Å². The van der Waals surface area contributed by atoms with Crippen LogP contribution in [-0.4, -0.2) is 39.1 Å². The van der Waals surface area contributed by atoms with Gasteiger partial charge in [0.2, 0.25) is 0 Å². The van der Waals surface area contributed by atoms with Gasteiger partial charge in [-0.1, -0.05) is 36.4 Å². The Kier molecular flexibility index (Phi) is 8.55. The molecule has 0 atom stereocenters. The Hall–Kier alpha value is -4.76. The van der Waals surface area contributed by atoms with E-state index in [1.165, 1.54) is 5.69 Å². The summed E-state index contributed by atoms with van der Waals surface area (Å²) in [7, 11) is 0. The molecule has 0 spiro atoms. The number of hydrogen-bond acceptors (Lipinski definition) is 6. The standard InChI is InChI=1S/C32H32N6O2S/c1-4-37(5-2)25-14-16-26(17-15-25)38-35-29-18-22(3)28(20-30(29)36-38)33-32(41)34-31(39)24-12-9-13-27(19-24)40-21-23-10-7-6-8-11-23/h6-20H,4-5,21H2,1-3H3,(H2,33,34,39,41). The molecule has 0 unspecified atom stereocenters. The van der Waals surface area contributed by atoms with Crippen molar-refractivity contribution in [2.45, 2.75) is 27.4 Å². The van der Waals surface area contributed by atoms with Gasteiger partial charge in [-0.2, -0.15) is 4.80 Å². The smallest absolute Gasteiger partial charge is 0.257 e. The SMILES string of the molecule is CCN(CC)c1ccc(-n2nc3cc(C)c(NC(=S)NC(=O)c4cccc(OCc5ccccc5)c4)cc3n2)cc1. The maximum atomic E-state index is 12.9. The molecule has 0 aliphatic rings. The lowest BCUT2D eigenvalue weighted by Crippen LogP contribution is -2.34. The first kappa shape index (κ1) is 27.8. The molecular weight excluding hydrogens is 532 g/mol. The van der Waals surface area contributed by atoms with E-state index in [2.05, 4.69) is 51.7 Å². The van der Waals surface area contributed by atoms with E-state index in [0.717, 1.165) is 41.1 Å². The quantitative estimate of drug-likeness (QED) is 0.204. The molecule has 2 N–H and O–H groups in total. The van der Waals surface area contributed by atoms with Crippen molar-refractivity contribution in [3.63, 3.8) is 0 Å². The van der Waals surface area contributed by atoms with Crippen LogP contribution in [0.2, 0.25) is 0 Å². The summed E-state index contributed by atoms with van der Waals surface area (Å²) in [5, 5.41) is 15.4. The summed E-state index contributed by atoms with van der Waals surface area (Å²) in [4.78, 5) is 16.8. The third kappa shape index (κ3) is 6.70. The Labute approximate surface area is 244 Å². The number of benzene rings is 4. The van der Waals surface area contributed by atoms with Crippen LogP contribution in [0.4, 0.5) is 11.4 Å². The molecule has 0 radical (unpaired) electrons. The highest BCUT2D eigenvalue weighted by molar-refractivity contribution is 7.80. The van der Waals surface area contributed by atoms with E-state index < -0.39 is 0 Å². The summed E-state index contributed by atoms with van der Waals surface area (Å²) >= 11 is 5.46. The predicted molar refractivity (Wildman–Crippen MR) is 168 cm³/mol. The monoisotopic (exact) mass is 564 g/mol. The first-order valence-corrected chi connectivity index (χ1v) is 14.0. The summed E-state index contributed by atoms with van der Waals surface area (Å²) in [6.07, 6.45) is 0. The first-order valence-electron chi connectivity index (χ1n) is 13.6. The largest absolute Gasteiger partial charge is 0.489 e. The summed E-state index contributed by atoms with van der Waals surface area (Å²) in [6.45, 7) is 8.56. The summed E-state index contributed by atoms with van der Waals surface area (Å²) < 4.78 is 5.86. The predicted octanol–water partition coefficient (Wildman–Crippen LogP) is 6.28. The molecule has 5 rings (SSSR count). The van der Waals surface area contributed by atoms with Crippen molar-refractivity contribution >= 4 is 45.6 Å². The molecule has 1 amide bonds. The third-order valence-corrected chi connectivity index (χ3v) is 6.96. The number of aryl methyl sites for hydroxylation is 1. The molecule has 1 aromatic heterocycles. The van der Waals surface area contributed by atoms with Crippen molar-refractivity contribution in [3.05, 3.63) is 108 Å². The number of nitrogens with zero attached hydrogens (tertiary/aromatic N) is 4. The Balaban J connectivity index is 1.24. The number of rotatable bonds is 9. The highest BCUT2D eigenvalue weighted by atomic mass is 32.1. The average molecular weight is 565 g/mol. The number of thiocarbonyl (C=S) groups is 1. The van der Waals surface area contributed by atoms with Crippen molar-refractivity contribution < 1.29 is 9.53 Å². The van der Waals surface area contributed by atoms with Gasteiger partial charge in [0.15, 0.2) is 5.11 Å². The van der Waals surface area contributed by atoms with Crippen molar-refractivity contribution in [1.29, 1.82) is 0 Å². The molecule has 0 saturated heterocycles. The van der Waals surface area contributed by atoms with Crippen LogP contribution in [-0.2, 0) is 6.61 Å². The van der Waals surface area contributed by atoms with Gasteiger partial charge in [-0.05, 0) is 98.7 Å². The zero-order chi connectivity index (χ0) is 28.8. The van der Waals surface area contributed by atoms with E-state index in [1.807, 2.05) is 67.6 Å². The number of carbonyl (C=O) groups excluding carboxylic acids is 1. The number of fused-ring (bicyclic) bond motifs is 1. The maximum absolute atomic E-state index is 12.9. The zero-order valence-corrected chi connectivity index (χ0v) is 24.1. The molecule has 0 fully saturated rings. The van der Waals surface area contributed by atoms with Gasteiger partial charge in [-0.3, -0.25) is 10.1 Å². The molecule has 8 nitrogen and oxygen atoms in total. The fraction of sp³-hybridized carbons (Fsp3) is 0.188. The number of hydrogen-bond donors (Lipinski definition) is 2. The minimum absolute atomic E-state index is 0.187. The lowest BCUT2D eigenvalue weighted by Gasteiger charge is -2.20. The summed E-state index contributed by atoms with van der Waals surface area (Å²) in [6, 6.07) is 28.9.